The average molecular weight is 551 g/mol. The lowest BCUT2D eigenvalue weighted by Gasteiger charge is -2.23. The molecule has 166 valence electrons. The van der Waals surface area contributed by atoms with Crippen molar-refractivity contribution in [2.24, 2.45) is 4.99 Å². The fourth-order valence-electron chi connectivity index (χ4n) is 2.81. The van der Waals surface area contributed by atoms with Crippen molar-refractivity contribution in [1.82, 2.24) is 10.6 Å². The van der Waals surface area contributed by atoms with Gasteiger partial charge in [0.2, 0.25) is 0 Å². The maximum absolute atomic E-state index is 13.5. The van der Waals surface area contributed by atoms with Gasteiger partial charge in [0.05, 0.1) is 16.7 Å². The number of nitrogens with zero attached hydrogens (tertiary/aromatic N) is 1. The number of sulfone groups is 1. The fourth-order valence-corrected chi connectivity index (χ4v) is 4.42. The summed E-state index contributed by atoms with van der Waals surface area (Å²) < 4.78 is 52.0. The minimum absolute atomic E-state index is 0. The van der Waals surface area contributed by atoms with Crippen LogP contribution in [0.1, 0.15) is 38.8 Å². The Balaban J connectivity index is 0.00000450. The monoisotopic (exact) mass is 551 g/mol. The Labute approximate surface area is 194 Å². The second-order valence-electron chi connectivity index (χ2n) is 6.71. The summed E-state index contributed by atoms with van der Waals surface area (Å²) in [4.78, 5) is 4.63. The van der Waals surface area contributed by atoms with Gasteiger partial charge in [0.15, 0.2) is 27.4 Å². The second kappa shape index (κ2) is 12.2. The maximum atomic E-state index is 13.5. The summed E-state index contributed by atoms with van der Waals surface area (Å²) in [6.07, 6.45) is 0.566. The van der Waals surface area contributed by atoms with Crippen LogP contribution in [-0.4, -0.2) is 32.7 Å². The normalized spacial score (nSPS) is 13.8. The fraction of sp³-hybridized carbons (Fsp3) is 0.381. The minimum Gasteiger partial charge on any atom is -0.353 e. The van der Waals surface area contributed by atoms with Crippen LogP contribution in [0.25, 0.3) is 0 Å². The molecule has 2 atom stereocenters. The van der Waals surface area contributed by atoms with Crippen LogP contribution >= 0.6 is 24.0 Å². The molecule has 2 aromatic rings. The van der Waals surface area contributed by atoms with Gasteiger partial charge in [0, 0.05) is 12.6 Å². The lowest BCUT2D eigenvalue weighted by molar-refractivity contribution is 0.504. The Kier molecular flexibility index (Phi) is 10.7. The smallest absolute Gasteiger partial charge is 0.191 e. The number of guanidine groups is 1. The predicted molar refractivity (Wildman–Crippen MR) is 127 cm³/mol. The SMILES string of the molecule is CCN=C(NC(CC)CS(=O)(=O)c1ccccc1)NC(C)c1ccc(F)c(F)c1.I. The van der Waals surface area contributed by atoms with Crippen molar-refractivity contribution >= 4 is 39.8 Å². The lowest BCUT2D eigenvalue weighted by Crippen LogP contribution is -2.46. The highest BCUT2D eigenvalue weighted by Crippen LogP contribution is 2.16. The first-order chi connectivity index (χ1) is 13.8. The number of hydrogen-bond donors (Lipinski definition) is 2. The van der Waals surface area contributed by atoms with Gasteiger partial charge < -0.3 is 10.6 Å². The Hall–Kier alpha value is -1.75. The van der Waals surface area contributed by atoms with E-state index in [1.807, 2.05) is 13.8 Å². The van der Waals surface area contributed by atoms with Crippen LogP contribution in [0.15, 0.2) is 58.4 Å². The topological polar surface area (TPSA) is 70.6 Å². The molecule has 0 heterocycles. The maximum Gasteiger partial charge on any atom is 0.191 e. The third kappa shape index (κ3) is 7.50. The number of aliphatic imine (C=N–C) groups is 1. The zero-order valence-electron chi connectivity index (χ0n) is 17.2. The van der Waals surface area contributed by atoms with Gasteiger partial charge in [-0.05, 0) is 50.1 Å². The van der Waals surface area contributed by atoms with E-state index in [2.05, 4.69) is 15.6 Å². The molecule has 0 aliphatic rings. The van der Waals surface area contributed by atoms with Gasteiger partial charge in [0.1, 0.15) is 0 Å². The van der Waals surface area contributed by atoms with Gasteiger partial charge in [-0.1, -0.05) is 31.2 Å². The Morgan fingerprint density at radius 3 is 2.27 bits per heavy atom. The molecule has 0 aliphatic heterocycles. The van der Waals surface area contributed by atoms with Gasteiger partial charge in [-0.2, -0.15) is 0 Å². The second-order valence-corrected chi connectivity index (χ2v) is 8.74. The van der Waals surface area contributed by atoms with Crippen molar-refractivity contribution in [2.45, 2.75) is 44.2 Å². The molecule has 0 aliphatic carbocycles. The number of hydrogen-bond acceptors (Lipinski definition) is 3. The largest absolute Gasteiger partial charge is 0.353 e. The Bertz CT molecular complexity index is 941. The van der Waals surface area contributed by atoms with E-state index in [0.29, 0.717) is 24.5 Å². The third-order valence-electron chi connectivity index (χ3n) is 4.47. The van der Waals surface area contributed by atoms with Gasteiger partial charge >= 0.3 is 0 Å². The number of rotatable bonds is 8. The first kappa shape index (κ1) is 26.3. The summed E-state index contributed by atoms with van der Waals surface area (Å²) >= 11 is 0. The zero-order valence-corrected chi connectivity index (χ0v) is 20.4. The molecule has 0 spiro atoms. The van der Waals surface area contributed by atoms with Crippen molar-refractivity contribution < 1.29 is 17.2 Å². The van der Waals surface area contributed by atoms with Gasteiger partial charge in [-0.15, -0.1) is 24.0 Å². The highest BCUT2D eigenvalue weighted by atomic mass is 127. The van der Waals surface area contributed by atoms with Crippen LogP contribution in [0.2, 0.25) is 0 Å². The van der Waals surface area contributed by atoms with Crippen LogP contribution in [0, 0.1) is 11.6 Å². The number of nitrogens with one attached hydrogen (secondary N) is 2. The van der Waals surface area contributed by atoms with Crippen LogP contribution in [0.4, 0.5) is 8.78 Å². The van der Waals surface area contributed by atoms with E-state index >= 15 is 0 Å². The van der Waals surface area contributed by atoms with Crippen molar-refractivity contribution in [2.75, 3.05) is 12.3 Å². The van der Waals surface area contributed by atoms with Crippen molar-refractivity contribution in [1.29, 1.82) is 0 Å². The Morgan fingerprint density at radius 1 is 1.03 bits per heavy atom. The molecule has 0 radical (unpaired) electrons. The molecule has 9 heteroatoms. The molecule has 5 nitrogen and oxygen atoms in total. The molecule has 0 amide bonds. The van der Waals surface area contributed by atoms with Crippen LogP contribution in [-0.2, 0) is 9.84 Å². The molecule has 0 saturated heterocycles. The summed E-state index contributed by atoms with van der Waals surface area (Å²) in [7, 11) is -3.46. The molecule has 0 aromatic heterocycles. The minimum atomic E-state index is -3.46. The Morgan fingerprint density at radius 2 is 1.70 bits per heavy atom. The molecule has 2 rings (SSSR count). The van der Waals surface area contributed by atoms with Gasteiger partial charge in [-0.25, -0.2) is 17.2 Å². The van der Waals surface area contributed by atoms with E-state index in [-0.39, 0.29) is 46.7 Å². The molecule has 0 bridgehead atoms. The molecular weight excluding hydrogens is 523 g/mol. The summed E-state index contributed by atoms with van der Waals surface area (Å²) in [6.45, 7) is 6.01. The molecule has 30 heavy (non-hydrogen) atoms. The summed E-state index contributed by atoms with van der Waals surface area (Å²) in [5.41, 5.74) is 0.555. The molecule has 0 saturated carbocycles. The lowest BCUT2D eigenvalue weighted by atomic mass is 10.1. The first-order valence-electron chi connectivity index (χ1n) is 9.57. The number of benzene rings is 2. The zero-order chi connectivity index (χ0) is 21.4. The predicted octanol–water partition coefficient (Wildman–Crippen LogP) is 4.45. The highest BCUT2D eigenvalue weighted by molar-refractivity contribution is 14.0. The van der Waals surface area contributed by atoms with Gasteiger partial charge in [0.25, 0.3) is 0 Å². The molecule has 0 fully saturated rings. The molecular formula is C21H28F2IN3O2S. The van der Waals surface area contributed by atoms with Gasteiger partial charge in [-0.3, -0.25) is 4.99 Å². The molecule has 2 unspecified atom stereocenters. The molecule has 2 N–H and O–H groups in total. The van der Waals surface area contributed by atoms with E-state index in [0.717, 1.165) is 12.1 Å². The van der Waals surface area contributed by atoms with Crippen LogP contribution in [0.5, 0.6) is 0 Å². The van der Waals surface area contributed by atoms with E-state index in [1.54, 1.807) is 37.3 Å². The summed E-state index contributed by atoms with van der Waals surface area (Å²) in [6, 6.07) is 11.3. The van der Waals surface area contributed by atoms with Crippen LogP contribution < -0.4 is 10.6 Å². The van der Waals surface area contributed by atoms with Crippen molar-refractivity contribution in [3.8, 4) is 0 Å². The summed E-state index contributed by atoms with van der Waals surface area (Å²) in [5.74, 6) is -1.49. The standard InChI is InChI=1S/C21H27F2N3O2S.HI/c1-4-17(14-29(27,28)18-9-7-6-8-10-18)26-21(24-5-2)25-15(3)16-11-12-19(22)20(23)13-16;/h6-13,15,17H,4-5,14H2,1-3H3,(H2,24,25,26);1H. The highest BCUT2D eigenvalue weighted by Gasteiger charge is 2.21. The van der Waals surface area contributed by atoms with E-state index in [9.17, 15) is 17.2 Å². The molecule has 2 aromatic carbocycles. The number of halogens is 3. The van der Waals surface area contributed by atoms with Crippen molar-refractivity contribution in [3.05, 3.63) is 65.7 Å². The first-order valence-corrected chi connectivity index (χ1v) is 11.2. The average Bonchev–Trinajstić information content (AvgIpc) is 2.70. The van der Waals surface area contributed by atoms with E-state index in [1.165, 1.54) is 6.07 Å². The van der Waals surface area contributed by atoms with E-state index in [4.69, 9.17) is 0 Å². The van der Waals surface area contributed by atoms with Crippen LogP contribution in [0.3, 0.4) is 0 Å². The van der Waals surface area contributed by atoms with E-state index < -0.39 is 21.5 Å². The summed E-state index contributed by atoms with van der Waals surface area (Å²) in [5, 5.41) is 6.28. The third-order valence-corrected chi connectivity index (χ3v) is 6.30. The quantitative estimate of drug-likeness (QED) is 0.289. The van der Waals surface area contributed by atoms with Crippen molar-refractivity contribution in [3.63, 3.8) is 0 Å².